The molecule has 82 valence electrons. The maximum Gasteiger partial charge on any atom is 0.0931 e. The first-order valence-corrected chi connectivity index (χ1v) is 6.84. The van der Waals surface area contributed by atoms with Crippen molar-refractivity contribution in [1.82, 2.24) is 5.32 Å². The number of hydrogen-bond donors (Lipinski definition) is 1. The standard InChI is InChI=1S/C12H10ClNS2/c1-2-7-14-12(9-4-3-8-15-9)10-5-6-11(13)16-10/h1,3-6,8,12,14H,7H2. The Morgan fingerprint density at radius 1 is 1.38 bits per heavy atom. The van der Waals surface area contributed by atoms with Crippen molar-refractivity contribution >= 4 is 34.3 Å². The van der Waals surface area contributed by atoms with Gasteiger partial charge in [0.05, 0.1) is 16.9 Å². The molecule has 0 spiro atoms. The van der Waals surface area contributed by atoms with E-state index < -0.39 is 0 Å². The molecule has 4 heteroatoms. The van der Waals surface area contributed by atoms with Gasteiger partial charge in [-0.15, -0.1) is 29.1 Å². The molecule has 0 aliphatic carbocycles. The van der Waals surface area contributed by atoms with E-state index in [0.29, 0.717) is 6.54 Å². The Labute approximate surface area is 108 Å². The van der Waals surface area contributed by atoms with Crippen molar-refractivity contribution in [2.75, 3.05) is 6.54 Å². The van der Waals surface area contributed by atoms with Gasteiger partial charge in [-0.3, -0.25) is 5.32 Å². The highest BCUT2D eigenvalue weighted by Crippen LogP contribution is 2.32. The van der Waals surface area contributed by atoms with Gasteiger partial charge in [0.15, 0.2) is 0 Å². The fourth-order valence-corrected chi connectivity index (χ4v) is 3.49. The monoisotopic (exact) mass is 267 g/mol. The van der Waals surface area contributed by atoms with E-state index >= 15 is 0 Å². The molecule has 2 rings (SSSR count). The summed E-state index contributed by atoms with van der Waals surface area (Å²) in [4.78, 5) is 2.46. The zero-order valence-corrected chi connectivity index (χ0v) is 10.8. The Kier molecular flexibility index (Phi) is 4.03. The number of hydrogen-bond acceptors (Lipinski definition) is 3. The molecule has 1 nitrogen and oxygen atoms in total. The highest BCUT2D eigenvalue weighted by atomic mass is 35.5. The van der Waals surface area contributed by atoms with E-state index in [1.165, 1.54) is 9.75 Å². The van der Waals surface area contributed by atoms with Crippen molar-refractivity contribution in [1.29, 1.82) is 0 Å². The number of terminal acetylenes is 1. The molecule has 2 heterocycles. The van der Waals surface area contributed by atoms with Gasteiger partial charge in [-0.2, -0.15) is 0 Å². The molecule has 2 aromatic rings. The quantitative estimate of drug-likeness (QED) is 0.832. The molecule has 0 saturated heterocycles. The molecule has 2 aromatic heterocycles. The van der Waals surface area contributed by atoms with Crippen LogP contribution < -0.4 is 5.32 Å². The van der Waals surface area contributed by atoms with Crippen molar-refractivity contribution in [3.05, 3.63) is 43.7 Å². The van der Waals surface area contributed by atoms with Crippen LogP contribution in [0.1, 0.15) is 15.8 Å². The SMILES string of the molecule is C#CCNC(c1cccs1)c1ccc(Cl)s1. The third kappa shape index (κ3) is 2.66. The van der Waals surface area contributed by atoms with Crippen LogP contribution in [0.3, 0.4) is 0 Å². The first-order valence-electron chi connectivity index (χ1n) is 4.76. The Hall–Kier alpha value is -0.790. The van der Waals surface area contributed by atoms with E-state index in [1.54, 1.807) is 22.7 Å². The van der Waals surface area contributed by atoms with Crippen molar-refractivity contribution in [3.8, 4) is 12.3 Å². The van der Waals surface area contributed by atoms with Gasteiger partial charge in [-0.1, -0.05) is 23.6 Å². The van der Waals surface area contributed by atoms with Crippen molar-refractivity contribution in [2.45, 2.75) is 6.04 Å². The van der Waals surface area contributed by atoms with Gasteiger partial charge in [0.25, 0.3) is 0 Å². The Bertz CT molecular complexity index is 481. The largest absolute Gasteiger partial charge is 0.294 e. The summed E-state index contributed by atoms with van der Waals surface area (Å²) in [6.45, 7) is 0.554. The van der Waals surface area contributed by atoms with Crippen LogP contribution in [0.4, 0.5) is 0 Å². The molecule has 1 atom stereocenters. The summed E-state index contributed by atoms with van der Waals surface area (Å²) in [6, 6.07) is 8.26. The second-order valence-electron chi connectivity index (χ2n) is 3.18. The van der Waals surface area contributed by atoms with Gasteiger partial charge < -0.3 is 0 Å². The Morgan fingerprint density at radius 2 is 2.25 bits per heavy atom. The minimum atomic E-state index is 0.161. The molecule has 0 saturated carbocycles. The molecule has 1 N–H and O–H groups in total. The number of nitrogens with one attached hydrogen (secondary N) is 1. The summed E-state index contributed by atoms with van der Waals surface area (Å²) in [7, 11) is 0. The first-order chi connectivity index (χ1) is 7.81. The molecule has 0 bridgehead atoms. The first kappa shape index (κ1) is 11.7. The lowest BCUT2D eigenvalue weighted by atomic mass is 10.2. The summed E-state index contributed by atoms with van der Waals surface area (Å²) in [5.41, 5.74) is 0. The van der Waals surface area contributed by atoms with E-state index in [0.717, 1.165) is 4.34 Å². The topological polar surface area (TPSA) is 12.0 Å². The lowest BCUT2D eigenvalue weighted by molar-refractivity contribution is 0.680. The maximum atomic E-state index is 5.95. The highest BCUT2D eigenvalue weighted by molar-refractivity contribution is 7.16. The molecule has 0 amide bonds. The van der Waals surface area contributed by atoms with E-state index in [-0.39, 0.29) is 6.04 Å². The third-order valence-corrected chi connectivity index (χ3v) is 4.35. The molecule has 1 unspecified atom stereocenters. The van der Waals surface area contributed by atoms with Crippen LogP contribution in [-0.4, -0.2) is 6.54 Å². The smallest absolute Gasteiger partial charge is 0.0931 e. The Morgan fingerprint density at radius 3 is 2.81 bits per heavy atom. The minimum Gasteiger partial charge on any atom is -0.294 e. The minimum absolute atomic E-state index is 0.161. The third-order valence-electron chi connectivity index (χ3n) is 2.11. The predicted octanol–water partition coefficient (Wildman–Crippen LogP) is 3.78. The summed E-state index contributed by atoms with van der Waals surface area (Å²) >= 11 is 9.26. The fraction of sp³-hybridized carbons (Fsp3) is 0.167. The van der Waals surface area contributed by atoms with E-state index in [9.17, 15) is 0 Å². The molecular formula is C12H10ClNS2. The van der Waals surface area contributed by atoms with Gasteiger partial charge in [-0.25, -0.2) is 0 Å². The van der Waals surface area contributed by atoms with E-state index in [2.05, 4.69) is 22.7 Å². The fourth-order valence-electron chi connectivity index (χ4n) is 1.44. The van der Waals surface area contributed by atoms with Crippen molar-refractivity contribution in [2.24, 2.45) is 0 Å². The van der Waals surface area contributed by atoms with Gasteiger partial charge in [-0.05, 0) is 23.6 Å². The van der Waals surface area contributed by atoms with Crippen LogP contribution in [0.2, 0.25) is 4.34 Å². The molecule has 0 aliphatic heterocycles. The van der Waals surface area contributed by atoms with Gasteiger partial charge in [0.2, 0.25) is 0 Å². The average Bonchev–Trinajstić information content (AvgIpc) is 2.91. The van der Waals surface area contributed by atoms with Crippen LogP contribution in [0.15, 0.2) is 29.6 Å². The van der Waals surface area contributed by atoms with Gasteiger partial charge in [0.1, 0.15) is 0 Å². The van der Waals surface area contributed by atoms with Crippen LogP contribution in [0.5, 0.6) is 0 Å². The van der Waals surface area contributed by atoms with Crippen LogP contribution >= 0.6 is 34.3 Å². The summed E-state index contributed by atoms with van der Waals surface area (Å²) in [5, 5.41) is 5.39. The van der Waals surface area contributed by atoms with E-state index in [1.807, 2.05) is 18.2 Å². The molecular weight excluding hydrogens is 258 g/mol. The number of thiophene rings is 2. The zero-order chi connectivity index (χ0) is 11.4. The molecule has 0 aromatic carbocycles. The lowest BCUT2D eigenvalue weighted by Gasteiger charge is -2.13. The normalized spacial score (nSPS) is 12.2. The molecule has 0 radical (unpaired) electrons. The number of halogens is 1. The van der Waals surface area contributed by atoms with Gasteiger partial charge in [0, 0.05) is 9.75 Å². The summed E-state index contributed by atoms with van der Waals surface area (Å²) in [5.74, 6) is 2.60. The molecule has 0 fully saturated rings. The zero-order valence-electron chi connectivity index (χ0n) is 8.44. The average molecular weight is 268 g/mol. The molecule has 0 aliphatic rings. The van der Waals surface area contributed by atoms with Gasteiger partial charge >= 0.3 is 0 Å². The van der Waals surface area contributed by atoms with E-state index in [4.69, 9.17) is 18.0 Å². The van der Waals surface area contributed by atoms with Crippen LogP contribution in [0, 0.1) is 12.3 Å². The second kappa shape index (κ2) is 5.51. The lowest BCUT2D eigenvalue weighted by Crippen LogP contribution is -2.20. The summed E-state index contributed by atoms with van der Waals surface area (Å²) in [6.07, 6.45) is 5.28. The van der Waals surface area contributed by atoms with Crippen molar-refractivity contribution < 1.29 is 0 Å². The molecule has 16 heavy (non-hydrogen) atoms. The maximum absolute atomic E-state index is 5.95. The van der Waals surface area contributed by atoms with Crippen LogP contribution in [-0.2, 0) is 0 Å². The number of rotatable bonds is 4. The van der Waals surface area contributed by atoms with Crippen LogP contribution in [0.25, 0.3) is 0 Å². The second-order valence-corrected chi connectivity index (χ2v) is 5.90. The predicted molar refractivity (Wildman–Crippen MR) is 72.3 cm³/mol. The summed E-state index contributed by atoms with van der Waals surface area (Å²) < 4.78 is 0.805. The Balaban J connectivity index is 2.25. The highest BCUT2D eigenvalue weighted by Gasteiger charge is 2.15. The van der Waals surface area contributed by atoms with Crippen molar-refractivity contribution in [3.63, 3.8) is 0 Å².